The molecule has 2 unspecified atom stereocenters. The van der Waals surface area contributed by atoms with Crippen LogP contribution in [-0.2, 0) is 4.57 Å². The van der Waals surface area contributed by atoms with Crippen LogP contribution in [0.3, 0.4) is 0 Å². The van der Waals surface area contributed by atoms with Crippen LogP contribution in [-0.4, -0.2) is 12.3 Å². The monoisotopic (exact) mass is 273 g/mol. The summed E-state index contributed by atoms with van der Waals surface area (Å²) >= 11 is 0. The minimum atomic E-state index is -1.02. The molecule has 0 saturated carbocycles. The van der Waals surface area contributed by atoms with Gasteiger partial charge in [-0.1, -0.05) is 55.4 Å². The highest BCUT2D eigenvalue weighted by atomic mass is 31.1. The van der Waals surface area contributed by atoms with E-state index < -0.39 is 7.80 Å². The van der Waals surface area contributed by atoms with E-state index in [-0.39, 0.29) is 0 Å². The fraction of sp³-hybridized carbons (Fsp3) is 1.00. The summed E-state index contributed by atoms with van der Waals surface area (Å²) in [5, 5.41) is 0. The third kappa shape index (κ3) is 11.2. The predicted octanol–water partition coefficient (Wildman–Crippen LogP) is 5.96. The first-order valence-corrected chi connectivity index (χ1v) is 8.94. The van der Waals surface area contributed by atoms with Gasteiger partial charge in [0.1, 0.15) is 0 Å². The van der Waals surface area contributed by atoms with Gasteiger partial charge >= 0.3 is 0 Å². The molecule has 0 heterocycles. The zero-order valence-electron chi connectivity index (χ0n) is 13.8. The molecular weight excluding hydrogens is 239 g/mol. The van der Waals surface area contributed by atoms with E-state index in [9.17, 15) is 4.57 Å². The second kappa shape index (κ2) is 7.04. The molecule has 0 fully saturated rings. The SMILES string of the molecule is CC(C[P](=O)CC(C)CC(C)(C)C)CC(C)(C)C. The first-order chi connectivity index (χ1) is 7.89. The largest absolute Gasteiger partial charge is 0.287 e. The van der Waals surface area contributed by atoms with E-state index in [1.807, 2.05) is 0 Å². The lowest BCUT2D eigenvalue weighted by Gasteiger charge is -2.25. The Morgan fingerprint density at radius 1 is 0.778 bits per heavy atom. The molecule has 0 aliphatic carbocycles. The van der Waals surface area contributed by atoms with Gasteiger partial charge in [0, 0.05) is 12.3 Å². The molecule has 1 nitrogen and oxygen atoms in total. The lowest BCUT2D eigenvalue weighted by atomic mass is 9.86. The second-order valence-electron chi connectivity index (χ2n) is 8.59. The molecule has 0 spiro atoms. The van der Waals surface area contributed by atoms with Crippen LogP contribution >= 0.6 is 7.80 Å². The van der Waals surface area contributed by atoms with Crippen molar-refractivity contribution < 1.29 is 4.57 Å². The summed E-state index contributed by atoms with van der Waals surface area (Å²) in [6.07, 6.45) is 4.14. The van der Waals surface area contributed by atoms with Crippen LogP contribution in [0.2, 0.25) is 0 Å². The van der Waals surface area contributed by atoms with Crippen molar-refractivity contribution in [3.05, 3.63) is 0 Å². The summed E-state index contributed by atoms with van der Waals surface area (Å²) in [5.41, 5.74) is 0.708. The predicted molar refractivity (Wildman–Crippen MR) is 83.8 cm³/mol. The molecular formula is C16H34OP. The maximum atomic E-state index is 12.2. The summed E-state index contributed by atoms with van der Waals surface area (Å²) in [6, 6.07) is 0. The van der Waals surface area contributed by atoms with E-state index in [1.165, 1.54) is 12.8 Å². The zero-order chi connectivity index (χ0) is 14.6. The summed E-state index contributed by atoms with van der Waals surface area (Å²) < 4.78 is 12.2. The van der Waals surface area contributed by atoms with Crippen molar-refractivity contribution >= 4 is 7.80 Å². The molecule has 0 N–H and O–H groups in total. The third-order valence-electron chi connectivity index (χ3n) is 2.95. The van der Waals surface area contributed by atoms with E-state index in [4.69, 9.17) is 0 Å². The smallest absolute Gasteiger partial charge is 0.0724 e. The molecule has 2 heteroatoms. The Bertz CT molecular complexity index is 231. The fourth-order valence-corrected chi connectivity index (χ4v) is 4.79. The third-order valence-corrected chi connectivity index (χ3v) is 5.01. The van der Waals surface area contributed by atoms with E-state index >= 15 is 0 Å². The van der Waals surface area contributed by atoms with Gasteiger partial charge < -0.3 is 0 Å². The number of hydrogen-bond acceptors (Lipinski definition) is 1. The maximum Gasteiger partial charge on any atom is 0.0724 e. The summed E-state index contributed by atoms with van der Waals surface area (Å²) in [4.78, 5) is 0. The molecule has 0 aromatic heterocycles. The highest BCUT2D eigenvalue weighted by molar-refractivity contribution is 7.44. The highest BCUT2D eigenvalue weighted by Crippen LogP contribution is 2.35. The molecule has 0 rings (SSSR count). The first kappa shape index (κ1) is 18.1. The molecule has 1 radical (unpaired) electrons. The Hall–Kier alpha value is 0.100. The van der Waals surface area contributed by atoms with Gasteiger partial charge in [0.15, 0.2) is 0 Å². The van der Waals surface area contributed by atoms with Gasteiger partial charge in [0.2, 0.25) is 0 Å². The van der Waals surface area contributed by atoms with Crippen LogP contribution < -0.4 is 0 Å². The van der Waals surface area contributed by atoms with Crippen LogP contribution in [0, 0.1) is 22.7 Å². The van der Waals surface area contributed by atoms with Crippen molar-refractivity contribution in [1.82, 2.24) is 0 Å². The molecule has 0 amide bonds. The molecule has 0 aromatic rings. The zero-order valence-corrected chi connectivity index (χ0v) is 14.7. The standard InChI is InChI=1S/C16H34OP/c1-13(9-15(3,4)5)11-18(17)12-14(2)10-16(6,7)8/h13-14H,9-12H2,1-8H3. The summed E-state index contributed by atoms with van der Waals surface area (Å²) in [7, 11) is -1.02. The molecule has 18 heavy (non-hydrogen) atoms. The number of rotatable bonds is 6. The molecule has 0 aliphatic rings. The molecule has 0 aliphatic heterocycles. The average Bonchev–Trinajstić information content (AvgIpc) is 1.92. The fourth-order valence-electron chi connectivity index (χ4n) is 2.99. The Morgan fingerprint density at radius 3 is 1.28 bits per heavy atom. The molecule has 0 bridgehead atoms. The minimum Gasteiger partial charge on any atom is -0.287 e. The van der Waals surface area contributed by atoms with Gasteiger partial charge in [-0.15, -0.1) is 0 Å². The summed E-state index contributed by atoms with van der Waals surface area (Å²) in [6.45, 7) is 18.1. The Balaban J connectivity index is 4.04. The summed E-state index contributed by atoms with van der Waals surface area (Å²) in [5.74, 6) is 1.16. The maximum absolute atomic E-state index is 12.2. The van der Waals surface area contributed by atoms with Crippen molar-refractivity contribution in [2.24, 2.45) is 22.7 Å². The molecule has 2 atom stereocenters. The van der Waals surface area contributed by atoms with Gasteiger partial charge in [-0.25, -0.2) is 0 Å². The van der Waals surface area contributed by atoms with Crippen molar-refractivity contribution in [2.75, 3.05) is 12.3 Å². The molecule has 109 valence electrons. The quantitative estimate of drug-likeness (QED) is 0.546. The Morgan fingerprint density at radius 2 is 1.06 bits per heavy atom. The van der Waals surface area contributed by atoms with E-state index in [2.05, 4.69) is 55.4 Å². The van der Waals surface area contributed by atoms with Crippen molar-refractivity contribution in [3.63, 3.8) is 0 Å². The van der Waals surface area contributed by atoms with Gasteiger partial charge in [0.25, 0.3) is 0 Å². The van der Waals surface area contributed by atoms with Crippen molar-refractivity contribution in [3.8, 4) is 0 Å². The Labute approximate surface area is 116 Å². The van der Waals surface area contributed by atoms with Crippen molar-refractivity contribution in [1.29, 1.82) is 0 Å². The van der Waals surface area contributed by atoms with Crippen LogP contribution in [0.25, 0.3) is 0 Å². The number of hydrogen-bond donors (Lipinski definition) is 0. The molecule has 0 aromatic carbocycles. The highest BCUT2D eigenvalue weighted by Gasteiger charge is 2.20. The van der Waals surface area contributed by atoms with Gasteiger partial charge in [-0.2, -0.15) is 0 Å². The van der Waals surface area contributed by atoms with Gasteiger partial charge in [-0.3, -0.25) is 4.57 Å². The van der Waals surface area contributed by atoms with Crippen molar-refractivity contribution in [2.45, 2.75) is 68.2 Å². The van der Waals surface area contributed by atoms with Gasteiger partial charge in [0.05, 0.1) is 7.80 Å². The van der Waals surface area contributed by atoms with E-state index in [0.717, 1.165) is 12.3 Å². The van der Waals surface area contributed by atoms with Crippen LogP contribution in [0.4, 0.5) is 0 Å². The van der Waals surface area contributed by atoms with E-state index in [0.29, 0.717) is 22.7 Å². The lowest BCUT2D eigenvalue weighted by molar-refractivity contribution is 0.317. The average molecular weight is 273 g/mol. The topological polar surface area (TPSA) is 17.1 Å². The first-order valence-electron chi connectivity index (χ1n) is 7.31. The Kier molecular flexibility index (Phi) is 7.07. The lowest BCUT2D eigenvalue weighted by Crippen LogP contribution is -2.15. The van der Waals surface area contributed by atoms with E-state index in [1.54, 1.807) is 0 Å². The van der Waals surface area contributed by atoms with Crippen LogP contribution in [0.15, 0.2) is 0 Å². The van der Waals surface area contributed by atoms with Crippen LogP contribution in [0.1, 0.15) is 68.2 Å². The minimum absolute atomic E-state index is 0.354. The normalized spacial score (nSPS) is 17.4. The molecule has 0 saturated heterocycles. The second-order valence-corrected chi connectivity index (χ2v) is 10.3. The van der Waals surface area contributed by atoms with Crippen LogP contribution in [0.5, 0.6) is 0 Å². The van der Waals surface area contributed by atoms with Gasteiger partial charge in [-0.05, 0) is 35.5 Å².